The molecule has 0 bridgehead atoms. The van der Waals surface area contributed by atoms with E-state index in [9.17, 15) is 4.79 Å². The van der Waals surface area contributed by atoms with Gasteiger partial charge in [-0.05, 0) is 26.2 Å². The first-order valence-corrected chi connectivity index (χ1v) is 4.83. The van der Waals surface area contributed by atoms with Gasteiger partial charge in [0.25, 0.3) is 0 Å². The Balaban J connectivity index is 2.36. The maximum Gasteiger partial charge on any atom is 0.166 e. The van der Waals surface area contributed by atoms with Crippen molar-refractivity contribution in [3.8, 4) is 0 Å². The van der Waals surface area contributed by atoms with Gasteiger partial charge in [-0.3, -0.25) is 4.79 Å². The number of carbonyl (C=O) groups is 1. The average Bonchev–Trinajstić information content (AvgIpc) is 2.49. The first-order chi connectivity index (χ1) is 6.07. The first-order valence-electron chi connectivity index (χ1n) is 4.83. The second-order valence-electron chi connectivity index (χ2n) is 4.38. The van der Waals surface area contributed by atoms with E-state index in [0.717, 1.165) is 19.3 Å². The van der Waals surface area contributed by atoms with Crippen molar-refractivity contribution in [1.29, 1.82) is 0 Å². The van der Waals surface area contributed by atoms with E-state index in [1.54, 1.807) is 7.11 Å². The predicted octanol–water partition coefficient (Wildman–Crippen LogP) is 2.09. The van der Waals surface area contributed by atoms with Crippen LogP contribution in [0, 0.1) is 5.41 Å². The lowest BCUT2D eigenvalue weighted by molar-refractivity contribution is -0.179. The van der Waals surface area contributed by atoms with Crippen LogP contribution >= 0.6 is 0 Å². The number of hydrogen-bond acceptors (Lipinski definition) is 2. The monoisotopic (exact) mass is 180 g/mol. The minimum atomic E-state index is -0.569. The molecular weight excluding hydrogens is 164 g/mol. The molecule has 2 fully saturated rings. The molecule has 72 valence electrons. The largest absolute Gasteiger partial charge is 0.370 e. The molecule has 0 aromatic carbocycles. The highest BCUT2D eigenvalue weighted by molar-refractivity contribution is 5.97. The summed E-state index contributed by atoms with van der Waals surface area (Å²) in [6, 6.07) is 0. The van der Waals surface area contributed by atoms with E-state index < -0.39 is 5.60 Å². The van der Waals surface area contributed by atoms with Gasteiger partial charge < -0.3 is 4.74 Å². The van der Waals surface area contributed by atoms with E-state index in [4.69, 9.17) is 4.74 Å². The minimum Gasteiger partial charge on any atom is -0.370 e. The van der Waals surface area contributed by atoms with Gasteiger partial charge >= 0.3 is 0 Å². The van der Waals surface area contributed by atoms with Crippen LogP contribution in [0.1, 0.15) is 32.6 Å². The zero-order valence-electron chi connectivity index (χ0n) is 8.35. The maximum absolute atomic E-state index is 11.5. The zero-order valence-corrected chi connectivity index (χ0v) is 8.35. The molecule has 2 aliphatic rings. The molecular formula is C11H16O2. The summed E-state index contributed by atoms with van der Waals surface area (Å²) in [6.07, 6.45) is 3.94. The Morgan fingerprint density at radius 3 is 2.62 bits per heavy atom. The van der Waals surface area contributed by atoms with E-state index >= 15 is 0 Å². The Morgan fingerprint density at radius 1 is 1.54 bits per heavy atom. The van der Waals surface area contributed by atoms with Crippen molar-refractivity contribution in [3.05, 3.63) is 12.2 Å². The topological polar surface area (TPSA) is 26.3 Å². The third-order valence-electron chi connectivity index (χ3n) is 4.07. The van der Waals surface area contributed by atoms with Crippen molar-refractivity contribution in [1.82, 2.24) is 0 Å². The molecule has 13 heavy (non-hydrogen) atoms. The molecule has 2 nitrogen and oxygen atoms in total. The van der Waals surface area contributed by atoms with Gasteiger partial charge in [0.05, 0.1) is 0 Å². The molecule has 1 spiro atoms. The fourth-order valence-electron chi connectivity index (χ4n) is 2.89. The summed E-state index contributed by atoms with van der Waals surface area (Å²) in [5, 5.41) is 0. The Hall–Kier alpha value is -0.630. The summed E-state index contributed by atoms with van der Waals surface area (Å²) >= 11 is 0. The molecule has 2 saturated carbocycles. The summed E-state index contributed by atoms with van der Waals surface area (Å²) in [7, 11) is 1.63. The minimum absolute atomic E-state index is 0.0150. The first kappa shape index (κ1) is 8.95. The van der Waals surface area contributed by atoms with Crippen LogP contribution in [-0.2, 0) is 9.53 Å². The number of rotatable bonds is 1. The van der Waals surface area contributed by atoms with Crippen molar-refractivity contribution in [2.45, 2.75) is 38.2 Å². The van der Waals surface area contributed by atoms with Crippen molar-refractivity contribution in [3.63, 3.8) is 0 Å². The third kappa shape index (κ3) is 0.798. The normalized spacial score (nSPS) is 44.2. The Labute approximate surface area is 79.0 Å². The van der Waals surface area contributed by atoms with E-state index in [1.807, 2.05) is 6.92 Å². The van der Waals surface area contributed by atoms with Crippen LogP contribution in [0.15, 0.2) is 12.2 Å². The molecule has 0 radical (unpaired) electrons. The van der Waals surface area contributed by atoms with Gasteiger partial charge in [0, 0.05) is 18.9 Å². The van der Waals surface area contributed by atoms with Crippen LogP contribution in [0.3, 0.4) is 0 Å². The molecule has 0 N–H and O–H groups in total. The average molecular weight is 180 g/mol. The quantitative estimate of drug-likeness (QED) is 0.577. The molecule has 0 aliphatic heterocycles. The summed E-state index contributed by atoms with van der Waals surface area (Å²) in [5.41, 5.74) is 0.635. The maximum atomic E-state index is 11.5. The van der Waals surface area contributed by atoms with E-state index in [0.29, 0.717) is 6.42 Å². The van der Waals surface area contributed by atoms with Gasteiger partial charge in [-0.15, -0.1) is 0 Å². The molecule has 2 heteroatoms. The van der Waals surface area contributed by atoms with Crippen LogP contribution in [0.4, 0.5) is 0 Å². The molecule has 0 unspecified atom stereocenters. The highest BCUT2D eigenvalue weighted by Crippen LogP contribution is 2.61. The van der Waals surface area contributed by atoms with Crippen LogP contribution in [0.5, 0.6) is 0 Å². The molecule has 0 aromatic rings. The lowest BCUT2D eigenvalue weighted by Gasteiger charge is -2.53. The van der Waals surface area contributed by atoms with Gasteiger partial charge in [0.15, 0.2) is 5.78 Å². The third-order valence-corrected chi connectivity index (χ3v) is 4.07. The molecule has 2 atom stereocenters. The van der Waals surface area contributed by atoms with Crippen molar-refractivity contribution >= 4 is 5.78 Å². The Bertz CT molecular complexity index is 282. The zero-order chi connectivity index (χ0) is 9.69. The second kappa shape index (κ2) is 2.44. The van der Waals surface area contributed by atoms with Crippen LogP contribution in [-0.4, -0.2) is 18.5 Å². The standard InChI is InChI=1S/C11H16O2/c1-8-5-4-6-11(8)7-9(12)10(11,2)13-3/h1,4-7H2,2-3H3/t10-,11-/m0/s1. The molecule has 2 aliphatic carbocycles. The Morgan fingerprint density at radius 2 is 2.23 bits per heavy atom. The number of hydrogen-bond donors (Lipinski definition) is 0. The number of Topliss-reactive ketones (excluding diaryl/α,β-unsaturated/α-hetero) is 1. The fraction of sp³-hybridized carbons (Fsp3) is 0.727. The fourth-order valence-corrected chi connectivity index (χ4v) is 2.89. The summed E-state index contributed by atoms with van der Waals surface area (Å²) in [5.74, 6) is 0.234. The van der Waals surface area contributed by atoms with Crippen LogP contribution in [0.25, 0.3) is 0 Å². The van der Waals surface area contributed by atoms with Gasteiger partial charge in [0.2, 0.25) is 0 Å². The van der Waals surface area contributed by atoms with Crippen LogP contribution < -0.4 is 0 Å². The summed E-state index contributed by atoms with van der Waals surface area (Å²) in [4.78, 5) is 11.5. The number of methoxy groups -OCH3 is 1. The van der Waals surface area contributed by atoms with Crippen molar-refractivity contribution in [2.75, 3.05) is 7.11 Å². The van der Waals surface area contributed by atoms with E-state index in [2.05, 4.69) is 6.58 Å². The summed E-state index contributed by atoms with van der Waals surface area (Å²) in [6.45, 7) is 5.99. The molecule has 0 aromatic heterocycles. The van der Waals surface area contributed by atoms with Crippen molar-refractivity contribution < 1.29 is 9.53 Å². The highest BCUT2D eigenvalue weighted by Gasteiger charge is 2.65. The molecule has 0 amide bonds. The van der Waals surface area contributed by atoms with E-state index in [1.165, 1.54) is 5.57 Å². The predicted molar refractivity (Wildman–Crippen MR) is 50.5 cm³/mol. The van der Waals surface area contributed by atoms with Gasteiger partial charge in [-0.2, -0.15) is 0 Å². The van der Waals surface area contributed by atoms with Crippen LogP contribution in [0.2, 0.25) is 0 Å². The second-order valence-corrected chi connectivity index (χ2v) is 4.38. The molecule has 0 heterocycles. The summed E-state index contributed by atoms with van der Waals surface area (Å²) < 4.78 is 5.38. The molecule has 0 saturated heterocycles. The molecule has 2 rings (SSSR count). The van der Waals surface area contributed by atoms with Gasteiger partial charge in [-0.25, -0.2) is 0 Å². The number of carbonyl (C=O) groups excluding carboxylic acids is 1. The number of ketones is 1. The smallest absolute Gasteiger partial charge is 0.166 e. The van der Waals surface area contributed by atoms with E-state index in [-0.39, 0.29) is 11.2 Å². The van der Waals surface area contributed by atoms with Crippen molar-refractivity contribution in [2.24, 2.45) is 5.41 Å². The SMILES string of the molecule is C=C1CCC[C@]12CC(=O)[C@]2(C)OC. The Kier molecular flexibility index (Phi) is 1.68. The lowest BCUT2D eigenvalue weighted by Crippen LogP contribution is -2.63. The van der Waals surface area contributed by atoms with Gasteiger partial charge in [0.1, 0.15) is 5.60 Å². The highest BCUT2D eigenvalue weighted by atomic mass is 16.5. The van der Waals surface area contributed by atoms with Gasteiger partial charge in [-0.1, -0.05) is 12.2 Å². The lowest BCUT2D eigenvalue weighted by atomic mass is 9.54. The number of ether oxygens (including phenoxy) is 1.